The second kappa shape index (κ2) is 5.40. The van der Waals surface area contributed by atoms with Crippen LogP contribution in [0.15, 0.2) is 46.9 Å². The number of benzene rings is 2. The van der Waals surface area contributed by atoms with Crippen LogP contribution in [-0.2, 0) is 0 Å². The van der Waals surface area contributed by atoms with E-state index in [9.17, 15) is 0 Å². The molecular formula is C13H10BrCl2N. The van der Waals surface area contributed by atoms with E-state index < -0.39 is 0 Å². The molecule has 2 aromatic rings. The Kier molecular flexibility index (Phi) is 4.10. The Bertz CT molecular complexity index is 525. The highest BCUT2D eigenvalue weighted by Crippen LogP contribution is 2.29. The molecule has 0 saturated carbocycles. The molecule has 0 aromatic heterocycles. The van der Waals surface area contributed by atoms with Gasteiger partial charge in [-0.2, -0.15) is 0 Å². The maximum atomic E-state index is 6.20. The Balaban J connectivity index is 2.36. The molecular weight excluding hydrogens is 321 g/mol. The van der Waals surface area contributed by atoms with Crippen LogP contribution in [0.3, 0.4) is 0 Å². The summed E-state index contributed by atoms with van der Waals surface area (Å²) in [7, 11) is 0. The molecule has 0 radical (unpaired) electrons. The molecule has 0 aliphatic rings. The van der Waals surface area contributed by atoms with Gasteiger partial charge < -0.3 is 5.73 Å². The fraction of sp³-hybridized carbons (Fsp3) is 0.0769. The van der Waals surface area contributed by atoms with Crippen LogP contribution >= 0.6 is 39.1 Å². The largest absolute Gasteiger partial charge is 0.320 e. The first-order valence-electron chi connectivity index (χ1n) is 5.04. The molecule has 0 saturated heterocycles. The Morgan fingerprint density at radius 1 is 0.941 bits per heavy atom. The zero-order valence-corrected chi connectivity index (χ0v) is 11.9. The normalized spacial score (nSPS) is 12.5. The number of hydrogen-bond acceptors (Lipinski definition) is 1. The first-order valence-corrected chi connectivity index (χ1v) is 6.59. The number of hydrogen-bond donors (Lipinski definition) is 1. The van der Waals surface area contributed by atoms with Gasteiger partial charge in [0.05, 0.1) is 6.04 Å². The van der Waals surface area contributed by atoms with E-state index in [4.69, 9.17) is 28.9 Å². The lowest BCUT2D eigenvalue weighted by Gasteiger charge is -2.14. The van der Waals surface area contributed by atoms with Crippen molar-refractivity contribution in [2.45, 2.75) is 6.04 Å². The van der Waals surface area contributed by atoms with Gasteiger partial charge in [0.15, 0.2) is 0 Å². The summed E-state index contributed by atoms with van der Waals surface area (Å²) in [6.45, 7) is 0. The first kappa shape index (κ1) is 12.9. The van der Waals surface area contributed by atoms with Gasteiger partial charge in [-0.05, 0) is 35.4 Å². The third-order valence-corrected chi connectivity index (χ3v) is 3.70. The van der Waals surface area contributed by atoms with E-state index in [0.717, 1.165) is 15.6 Å². The molecule has 0 aliphatic heterocycles. The molecule has 0 fully saturated rings. The Morgan fingerprint density at radius 3 is 2.12 bits per heavy atom. The Morgan fingerprint density at radius 2 is 1.53 bits per heavy atom. The van der Waals surface area contributed by atoms with Crippen LogP contribution in [0.25, 0.3) is 0 Å². The summed E-state index contributed by atoms with van der Waals surface area (Å²) in [6.07, 6.45) is 0. The summed E-state index contributed by atoms with van der Waals surface area (Å²) in [5.74, 6) is 0. The van der Waals surface area contributed by atoms with Crippen molar-refractivity contribution in [2.75, 3.05) is 0 Å². The highest BCUT2D eigenvalue weighted by atomic mass is 79.9. The van der Waals surface area contributed by atoms with Crippen LogP contribution in [0, 0.1) is 0 Å². The van der Waals surface area contributed by atoms with Crippen LogP contribution in [0.1, 0.15) is 17.2 Å². The third kappa shape index (κ3) is 3.02. The van der Waals surface area contributed by atoms with Crippen molar-refractivity contribution in [2.24, 2.45) is 5.73 Å². The monoisotopic (exact) mass is 329 g/mol. The quantitative estimate of drug-likeness (QED) is 0.840. The van der Waals surface area contributed by atoms with Crippen LogP contribution in [0.2, 0.25) is 10.0 Å². The smallest absolute Gasteiger partial charge is 0.0562 e. The van der Waals surface area contributed by atoms with E-state index in [1.165, 1.54) is 0 Å². The SMILES string of the molecule is NC(c1ccc(Cl)cc1)c1ccc(Cl)cc1Br. The summed E-state index contributed by atoms with van der Waals surface area (Å²) in [6, 6.07) is 12.9. The van der Waals surface area contributed by atoms with Crippen molar-refractivity contribution in [3.8, 4) is 0 Å². The van der Waals surface area contributed by atoms with Gasteiger partial charge in [0, 0.05) is 14.5 Å². The highest BCUT2D eigenvalue weighted by Gasteiger charge is 2.12. The molecule has 1 nitrogen and oxygen atoms in total. The fourth-order valence-electron chi connectivity index (χ4n) is 1.60. The lowest BCUT2D eigenvalue weighted by Crippen LogP contribution is -2.12. The van der Waals surface area contributed by atoms with Crippen LogP contribution in [-0.4, -0.2) is 0 Å². The minimum absolute atomic E-state index is 0.195. The average molecular weight is 331 g/mol. The zero-order valence-electron chi connectivity index (χ0n) is 8.83. The van der Waals surface area contributed by atoms with E-state index in [-0.39, 0.29) is 6.04 Å². The highest BCUT2D eigenvalue weighted by molar-refractivity contribution is 9.10. The maximum Gasteiger partial charge on any atom is 0.0562 e. The molecule has 1 atom stereocenters. The van der Waals surface area contributed by atoms with Gasteiger partial charge in [0.2, 0.25) is 0 Å². The standard InChI is InChI=1S/C13H10BrCl2N/c14-12-7-10(16)5-6-11(12)13(17)8-1-3-9(15)4-2-8/h1-7,13H,17H2. The molecule has 0 spiro atoms. The van der Waals surface area contributed by atoms with Gasteiger partial charge in [0.25, 0.3) is 0 Å². The van der Waals surface area contributed by atoms with Crippen LogP contribution < -0.4 is 5.73 Å². The topological polar surface area (TPSA) is 26.0 Å². The predicted octanol–water partition coefficient (Wildman–Crippen LogP) is 4.80. The summed E-state index contributed by atoms with van der Waals surface area (Å²) < 4.78 is 0.910. The van der Waals surface area contributed by atoms with Crippen molar-refractivity contribution in [1.82, 2.24) is 0 Å². The minimum atomic E-state index is -0.195. The fourth-order valence-corrected chi connectivity index (χ4v) is 2.66. The van der Waals surface area contributed by atoms with E-state index in [1.54, 1.807) is 0 Å². The molecule has 2 rings (SSSR count). The Hall–Kier alpha value is -0.540. The van der Waals surface area contributed by atoms with Gasteiger partial charge in [-0.1, -0.05) is 57.3 Å². The van der Waals surface area contributed by atoms with Crippen molar-refractivity contribution in [1.29, 1.82) is 0 Å². The third-order valence-electron chi connectivity index (χ3n) is 2.53. The number of rotatable bonds is 2. The first-order chi connectivity index (χ1) is 8.08. The molecule has 1 unspecified atom stereocenters. The van der Waals surface area contributed by atoms with E-state index in [2.05, 4.69) is 15.9 Å². The Labute approximate surface area is 119 Å². The molecule has 88 valence electrons. The lowest BCUT2D eigenvalue weighted by molar-refractivity contribution is 0.866. The van der Waals surface area contributed by atoms with Gasteiger partial charge in [0.1, 0.15) is 0 Å². The second-order valence-electron chi connectivity index (χ2n) is 3.70. The zero-order chi connectivity index (χ0) is 12.4. The van der Waals surface area contributed by atoms with Gasteiger partial charge in [-0.3, -0.25) is 0 Å². The lowest BCUT2D eigenvalue weighted by atomic mass is 10.00. The van der Waals surface area contributed by atoms with Crippen molar-refractivity contribution in [3.63, 3.8) is 0 Å². The second-order valence-corrected chi connectivity index (χ2v) is 5.42. The number of halogens is 3. The number of nitrogens with two attached hydrogens (primary N) is 1. The van der Waals surface area contributed by atoms with E-state index in [0.29, 0.717) is 10.0 Å². The molecule has 2 aromatic carbocycles. The average Bonchev–Trinajstić information content (AvgIpc) is 2.29. The molecule has 4 heteroatoms. The van der Waals surface area contributed by atoms with Crippen LogP contribution in [0.4, 0.5) is 0 Å². The summed E-state index contributed by atoms with van der Waals surface area (Å²) in [5.41, 5.74) is 8.21. The summed E-state index contributed by atoms with van der Waals surface area (Å²) in [4.78, 5) is 0. The van der Waals surface area contributed by atoms with Crippen molar-refractivity contribution in [3.05, 3.63) is 68.1 Å². The van der Waals surface area contributed by atoms with Crippen LogP contribution in [0.5, 0.6) is 0 Å². The van der Waals surface area contributed by atoms with Crippen molar-refractivity contribution >= 4 is 39.1 Å². The molecule has 2 N–H and O–H groups in total. The molecule has 17 heavy (non-hydrogen) atoms. The molecule has 0 heterocycles. The van der Waals surface area contributed by atoms with Gasteiger partial charge >= 0.3 is 0 Å². The van der Waals surface area contributed by atoms with Crippen molar-refractivity contribution < 1.29 is 0 Å². The molecule has 0 aliphatic carbocycles. The molecule has 0 bridgehead atoms. The summed E-state index contributed by atoms with van der Waals surface area (Å²) in [5, 5.41) is 1.39. The minimum Gasteiger partial charge on any atom is -0.320 e. The van der Waals surface area contributed by atoms with Gasteiger partial charge in [-0.15, -0.1) is 0 Å². The van der Waals surface area contributed by atoms with E-state index >= 15 is 0 Å². The predicted molar refractivity (Wildman–Crippen MR) is 76.6 cm³/mol. The van der Waals surface area contributed by atoms with Gasteiger partial charge in [-0.25, -0.2) is 0 Å². The summed E-state index contributed by atoms with van der Waals surface area (Å²) >= 11 is 15.2. The molecule has 0 amide bonds. The van der Waals surface area contributed by atoms with E-state index in [1.807, 2.05) is 42.5 Å². The maximum absolute atomic E-state index is 6.20.